The molecule has 0 radical (unpaired) electrons. The van der Waals surface area contributed by atoms with Crippen molar-refractivity contribution in [1.82, 2.24) is 18.4 Å². The van der Waals surface area contributed by atoms with Crippen LogP contribution in [0.3, 0.4) is 0 Å². The van der Waals surface area contributed by atoms with E-state index in [1.807, 2.05) is 0 Å². The number of hydrogen-bond acceptors (Lipinski definition) is 6. The van der Waals surface area contributed by atoms with Gasteiger partial charge in [-0.05, 0) is 12.1 Å². The largest absolute Gasteiger partial charge is 0.330 e. The van der Waals surface area contributed by atoms with Crippen molar-refractivity contribution in [2.24, 2.45) is 14.1 Å². The van der Waals surface area contributed by atoms with Crippen LogP contribution in [0.15, 0.2) is 44.9 Å². The fourth-order valence-corrected chi connectivity index (χ4v) is 6.01. The number of benzene rings is 1. The molecule has 8 nitrogen and oxygen atoms in total. The van der Waals surface area contributed by atoms with Crippen LogP contribution in [-0.2, 0) is 37.1 Å². The van der Waals surface area contributed by atoms with Gasteiger partial charge in [-0.15, -0.1) is 11.3 Å². The van der Waals surface area contributed by atoms with Crippen molar-refractivity contribution in [2.45, 2.75) is 17.9 Å². The van der Waals surface area contributed by atoms with E-state index in [1.165, 1.54) is 35.8 Å². The van der Waals surface area contributed by atoms with Crippen LogP contribution >= 0.6 is 11.3 Å². The summed E-state index contributed by atoms with van der Waals surface area (Å²) in [6.45, 7) is 0.178. The number of aryl methyl sites for hydroxylation is 1. The predicted octanol–water partition coefficient (Wildman–Crippen LogP) is 1.09. The SMILES string of the molecule is Cn1cc(S(=O)(=O)N2CCc3nc(-c4ccccc4F)sc3C2)c(=O)n(C)c1=O. The third-order valence-electron chi connectivity index (χ3n) is 4.83. The second-order valence-corrected chi connectivity index (χ2v) is 9.70. The van der Waals surface area contributed by atoms with Crippen LogP contribution in [0.4, 0.5) is 4.39 Å². The van der Waals surface area contributed by atoms with Gasteiger partial charge in [0.2, 0.25) is 10.0 Å². The zero-order valence-corrected chi connectivity index (χ0v) is 17.3. The van der Waals surface area contributed by atoms with Gasteiger partial charge >= 0.3 is 5.69 Å². The molecule has 1 aromatic carbocycles. The van der Waals surface area contributed by atoms with Gasteiger partial charge in [-0.1, -0.05) is 12.1 Å². The first-order valence-corrected chi connectivity index (χ1v) is 11.0. The average molecular weight is 436 g/mol. The summed E-state index contributed by atoms with van der Waals surface area (Å²) in [5.41, 5.74) is -0.372. The molecular weight excluding hydrogens is 419 g/mol. The average Bonchev–Trinajstić information content (AvgIpc) is 3.12. The Morgan fingerprint density at radius 1 is 1.17 bits per heavy atom. The van der Waals surface area contributed by atoms with E-state index < -0.39 is 32.0 Å². The van der Waals surface area contributed by atoms with E-state index in [-0.39, 0.29) is 13.1 Å². The molecule has 3 heterocycles. The normalized spacial score (nSPS) is 14.7. The number of hydrogen-bond donors (Lipinski definition) is 0. The van der Waals surface area contributed by atoms with E-state index in [0.717, 1.165) is 21.0 Å². The number of sulfonamides is 1. The Labute approximate surface area is 169 Å². The second kappa shape index (κ2) is 7.01. The molecule has 152 valence electrons. The van der Waals surface area contributed by atoms with Crippen LogP contribution in [0.2, 0.25) is 0 Å². The van der Waals surface area contributed by atoms with E-state index in [9.17, 15) is 22.4 Å². The molecule has 0 saturated heterocycles. The van der Waals surface area contributed by atoms with Crippen molar-refractivity contribution in [3.63, 3.8) is 0 Å². The van der Waals surface area contributed by atoms with Crippen molar-refractivity contribution < 1.29 is 12.8 Å². The molecule has 3 aromatic rings. The van der Waals surface area contributed by atoms with Crippen molar-refractivity contribution in [3.8, 4) is 10.6 Å². The number of aromatic nitrogens is 3. The molecule has 1 aliphatic rings. The van der Waals surface area contributed by atoms with E-state index in [2.05, 4.69) is 4.98 Å². The Morgan fingerprint density at radius 3 is 2.62 bits per heavy atom. The van der Waals surface area contributed by atoms with Crippen molar-refractivity contribution in [1.29, 1.82) is 0 Å². The highest BCUT2D eigenvalue weighted by atomic mass is 32.2. The minimum Gasteiger partial charge on any atom is -0.302 e. The van der Waals surface area contributed by atoms with Gasteiger partial charge < -0.3 is 4.57 Å². The van der Waals surface area contributed by atoms with Crippen molar-refractivity contribution in [3.05, 3.63) is 67.7 Å². The van der Waals surface area contributed by atoms with E-state index in [1.54, 1.807) is 18.2 Å². The number of fused-ring (bicyclic) bond motifs is 1. The first-order valence-electron chi connectivity index (χ1n) is 8.70. The van der Waals surface area contributed by atoms with Crippen LogP contribution in [0.1, 0.15) is 10.6 Å². The Morgan fingerprint density at radius 2 is 1.90 bits per heavy atom. The fourth-order valence-electron chi connectivity index (χ4n) is 3.22. The topological polar surface area (TPSA) is 94.3 Å². The summed E-state index contributed by atoms with van der Waals surface area (Å²) < 4.78 is 43.3. The van der Waals surface area contributed by atoms with Gasteiger partial charge in [0, 0.05) is 43.7 Å². The van der Waals surface area contributed by atoms with Gasteiger partial charge in [-0.2, -0.15) is 4.31 Å². The van der Waals surface area contributed by atoms with Gasteiger partial charge in [0.05, 0.1) is 12.2 Å². The molecule has 4 rings (SSSR count). The third kappa shape index (κ3) is 3.24. The first kappa shape index (κ1) is 19.7. The van der Waals surface area contributed by atoms with Gasteiger partial charge in [-0.25, -0.2) is 22.6 Å². The Balaban J connectivity index is 1.71. The first-order chi connectivity index (χ1) is 13.7. The third-order valence-corrected chi connectivity index (χ3v) is 7.78. The molecule has 11 heteroatoms. The summed E-state index contributed by atoms with van der Waals surface area (Å²) in [4.78, 5) is 29.0. The summed E-state index contributed by atoms with van der Waals surface area (Å²) in [5, 5.41) is 0.491. The standard InChI is InChI=1S/C18H17FN4O4S2/c1-21-10-15(17(24)22(2)18(21)25)29(26,27)23-8-7-13-14(9-23)28-16(20-13)11-5-3-4-6-12(11)19/h3-6,10H,7-9H2,1-2H3. The van der Waals surface area contributed by atoms with E-state index in [4.69, 9.17) is 0 Å². The molecule has 0 amide bonds. The van der Waals surface area contributed by atoms with Gasteiger partial charge in [-0.3, -0.25) is 9.36 Å². The summed E-state index contributed by atoms with van der Waals surface area (Å²) in [7, 11) is -1.49. The van der Waals surface area contributed by atoms with Crippen LogP contribution in [0.25, 0.3) is 10.6 Å². The molecule has 2 aromatic heterocycles. The molecule has 0 fully saturated rings. The lowest BCUT2D eigenvalue weighted by Crippen LogP contribution is -2.43. The zero-order valence-electron chi connectivity index (χ0n) is 15.6. The molecular formula is C18H17FN4O4S2. The number of rotatable bonds is 3. The maximum absolute atomic E-state index is 14.1. The monoisotopic (exact) mass is 436 g/mol. The predicted molar refractivity (Wildman–Crippen MR) is 106 cm³/mol. The minimum absolute atomic E-state index is 0.0375. The van der Waals surface area contributed by atoms with Gasteiger partial charge in [0.1, 0.15) is 10.8 Å². The Hall–Kier alpha value is -2.63. The summed E-state index contributed by atoms with van der Waals surface area (Å²) >= 11 is 1.23. The summed E-state index contributed by atoms with van der Waals surface area (Å²) in [5.74, 6) is -0.392. The number of nitrogens with zero attached hydrogens (tertiary/aromatic N) is 4. The molecule has 0 spiro atoms. The van der Waals surface area contributed by atoms with Crippen LogP contribution < -0.4 is 11.2 Å². The minimum atomic E-state index is -4.12. The lowest BCUT2D eigenvalue weighted by molar-refractivity contribution is 0.391. The molecule has 0 N–H and O–H groups in total. The number of thiazole rings is 1. The molecule has 0 atom stereocenters. The van der Waals surface area contributed by atoms with Crippen LogP contribution in [0.5, 0.6) is 0 Å². The molecule has 0 saturated carbocycles. The smallest absolute Gasteiger partial charge is 0.302 e. The molecule has 0 aliphatic carbocycles. The Bertz CT molecular complexity index is 1340. The zero-order chi connectivity index (χ0) is 20.9. The van der Waals surface area contributed by atoms with Crippen molar-refractivity contribution in [2.75, 3.05) is 6.54 Å². The molecule has 1 aliphatic heterocycles. The molecule has 0 unspecified atom stereocenters. The lowest BCUT2D eigenvalue weighted by atomic mass is 10.2. The fraction of sp³-hybridized carbons (Fsp3) is 0.278. The molecule has 0 bridgehead atoms. The lowest BCUT2D eigenvalue weighted by Gasteiger charge is -2.25. The highest BCUT2D eigenvalue weighted by molar-refractivity contribution is 7.89. The van der Waals surface area contributed by atoms with Crippen molar-refractivity contribution >= 4 is 21.4 Å². The summed E-state index contributed by atoms with van der Waals surface area (Å²) in [6, 6.07) is 6.28. The number of halogens is 1. The van der Waals surface area contributed by atoms with Crippen LogP contribution in [-0.4, -0.2) is 33.4 Å². The van der Waals surface area contributed by atoms with E-state index >= 15 is 0 Å². The quantitative estimate of drug-likeness (QED) is 0.613. The highest BCUT2D eigenvalue weighted by Gasteiger charge is 2.33. The highest BCUT2D eigenvalue weighted by Crippen LogP contribution is 2.34. The van der Waals surface area contributed by atoms with Crippen LogP contribution in [0, 0.1) is 5.82 Å². The maximum Gasteiger partial charge on any atom is 0.330 e. The summed E-state index contributed by atoms with van der Waals surface area (Å²) in [6.07, 6.45) is 1.40. The molecule has 29 heavy (non-hydrogen) atoms. The van der Waals surface area contributed by atoms with E-state index in [0.29, 0.717) is 21.9 Å². The van der Waals surface area contributed by atoms with Gasteiger partial charge in [0.15, 0.2) is 4.90 Å². The maximum atomic E-state index is 14.1. The second-order valence-electron chi connectivity index (χ2n) is 6.71. The van der Waals surface area contributed by atoms with Gasteiger partial charge in [0.25, 0.3) is 5.56 Å². The Kier molecular flexibility index (Phi) is 4.75.